The molecule has 2 aromatic rings. The lowest BCUT2D eigenvalue weighted by molar-refractivity contribution is 0.834. The summed E-state index contributed by atoms with van der Waals surface area (Å²) in [5.41, 5.74) is 5.63. The second-order valence-electron chi connectivity index (χ2n) is 5.17. The van der Waals surface area contributed by atoms with Crippen LogP contribution in [0.1, 0.15) is 24.0 Å². The first-order valence-corrected chi connectivity index (χ1v) is 6.48. The Morgan fingerprint density at radius 3 is 2.59 bits per heavy atom. The smallest absolute Gasteiger partial charge is 0.0152 e. The van der Waals surface area contributed by atoms with Gasteiger partial charge in [0.2, 0.25) is 0 Å². The van der Waals surface area contributed by atoms with E-state index in [1.54, 1.807) is 0 Å². The number of aryl methyl sites for hydroxylation is 1. The molecule has 1 saturated carbocycles. The van der Waals surface area contributed by atoms with Crippen LogP contribution >= 0.6 is 0 Å². The minimum Gasteiger partial charge on any atom is -0.0620 e. The Kier molecular flexibility index (Phi) is 2.72. The minimum atomic E-state index is 0.945. The van der Waals surface area contributed by atoms with E-state index in [2.05, 4.69) is 55.5 Å². The largest absolute Gasteiger partial charge is 0.0620 e. The SMILES string of the molecule is Cc1cccc(-c2ccccc2CC2CC2)c1. The van der Waals surface area contributed by atoms with Gasteiger partial charge in [-0.15, -0.1) is 0 Å². The third kappa shape index (κ3) is 2.41. The fourth-order valence-corrected chi connectivity index (χ4v) is 2.43. The summed E-state index contributed by atoms with van der Waals surface area (Å²) in [4.78, 5) is 0. The van der Waals surface area contributed by atoms with Crippen LogP contribution in [0.15, 0.2) is 48.5 Å². The number of hydrogen-bond acceptors (Lipinski definition) is 0. The number of hydrogen-bond donors (Lipinski definition) is 0. The van der Waals surface area contributed by atoms with Crippen LogP contribution in [0.5, 0.6) is 0 Å². The van der Waals surface area contributed by atoms with Gasteiger partial charge in [-0.2, -0.15) is 0 Å². The quantitative estimate of drug-likeness (QED) is 0.711. The monoisotopic (exact) mass is 222 g/mol. The highest BCUT2D eigenvalue weighted by Crippen LogP contribution is 2.35. The van der Waals surface area contributed by atoms with Gasteiger partial charge in [0, 0.05) is 0 Å². The van der Waals surface area contributed by atoms with Crippen LogP contribution in [0.4, 0.5) is 0 Å². The summed E-state index contributed by atoms with van der Waals surface area (Å²) in [6.07, 6.45) is 4.09. The molecule has 0 heterocycles. The van der Waals surface area contributed by atoms with E-state index in [0.717, 1.165) is 5.92 Å². The van der Waals surface area contributed by atoms with E-state index < -0.39 is 0 Å². The molecule has 0 radical (unpaired) electrons. The van der Waals surface area contributed by atoms with E-state index >= 15 is 0 Å². The summed E-state index contributed by atoms with van der Waals surface area (Å²) in [6.45, 7) is 2.16. The molecule has 0 aromatic heterocycles. The van der Waals surface area contributed by atoms with Crippen LogP contribution in [0.25, 0.3) is 11.1 Å². The Labute approximate surface area is 103 Å². The molecule has 0 saturated heterocycles. The maximum atomic E-state index is 2.29. The van der Waals surface area contributed by atoms with E-state index in [-0.39, 0.29) is 0 Å². The normalized spacial score (nSPS) is 14.9. The molecule has 0 unspecified atom stereocenters. The molecule has 1 fully saturated rings. The molecule has 17 heavy (non-hydrogen) atoms. The van der Waals surface area contributed by atoms with E-state index in [9.17, 15) is 0 Å². The lowest BCUT2D eigenvalue weighted by Crippen LogP contribution is -1.91. The summed E-state index contributed by atoms with van der Waals surface area (Å²) < 4.78 is 0. The van der Waals surface area contributed by atoms with Crippen molar-refractivity contribution in [2.75, 3.05) is 0 Å². The third-order valence-corrected chi connectivity index (χ3v) is 3.55. The van der Waals surface area contributed by atoms with Gasteiger partial charge in [0.25, 0.3) is 0 Å². The Morgan fingerprint density at radius 2 is 1.82 bits per heavy atom. The van der Waals surface area contributed by atoms with Crippen LogP contribution in [0.2, 0.25) is 0 Å². The van der Waals surface area contributed by atoms with E-state index in [4.69, 9.17) is 0 Å². The summed E-state index contributed by atoms with van der Waals surface area (Å²) in [7, 11) is 0. The zero-order chi connectivity index (χ0) is 11.7. The highest BCUT2D eigenvalue weighted by atomic mass is 14.3. The summed E-state index contributed by atoms with van der Waals surface area (Å²) in [6, 6.07) is 17.7. The maximum Gasteiger partial charge on any atom is -0.0152 e. The van der Waals surface area contributed by atoms with Crippen molar-refractivity contribution in [3.8, 4) is 11.1 Å². The second-order valence-corrected chi connectivity index (χ2v) is 5.17. The predicted octanol–water partition coefficient (Wildman–Crippen LogP) is 4.61. The number of benzene rings is 2. The van der Waals surface area contributed by atoms with Gasteiger partial charge in [-0.05, 0) is 48.8 Å². The standard InChI is InChI=1S/C17H18/c1-13-5-4-7-15(11-13)17-8-3-2-6-16(17)12-14-9-10-14/h2-8,11,14H,9-10,12H2,1H3. The average Bonchev–Trinajstić information content (AvgIpc) is 3.14. The van der Waals surface area contributed by atoms with Gasteiger partial charge in [-0.25, -0.2) is 0 Å². The molecule has 0 atom stereocenters. The lowest BCUT2D eigenvalue weighted by Gasteiger charge is -2.09. The van der Waals surface area contributed by atoms with Gasteiger partial charge >= 0.3 is 0 Å². The van der Waals surface area contributed by atoms with E-state index in [1.165, 1.54) is 41.5 Å². The maximum absolute atomic E-state index is 2.29. The molecule has 0 spiro atoms. The molecule has 0 N–H and O–H groups in total. The van der Waals surface area contributed by atoms with Gasteiger partial charge in [0.1, 0.15) is 0 Å². The molecular formula is C17H18. The van der Waals surface area contributed by atoms with Crippen LogP contribution in [0, 0.1) is 12.8 Å². The van der Waals surface area contributed by atoms with Crippen molar-refractivity contribution in [2.45, 2.75) is 26.2 Å². The summed E-state index contributed by atoms with van der Waals surface area (Å²) in [5, 5.41) is 0. The lowest BCUT2D eigenvalue weighted by atomic mass is 9.95. The minimum absolute atomic E-state index is 0.945. The first kappa shape index (κ1) is 10.6. The summed E-state index contributed by atoms with van der Waals surface area (Å²) in [5.74, 6) is 0.945. The van der Waals surface area contributed by atoms with Crippen molar-refractivity contribution in [3.05, 3.63) is 59.7 Å². The Hall–Kier alpha value is -1.56. The highest BCUT2D eigenvalue weighted by molar-refractivity contribution is 5.68. The van der Waals surface area contributed by atoms with Crippen molar-refractivity contribution in [1.29, 1.82) is 0 Å². The molecule has 0 nitrogen and oxygen atoms in total. The van der Waals surface area contributed by atoms with Gasteiger partial charge in [0.05, 0.1) is 0 Å². The molecule has 1 aliphatic carbocycles. The van der Waals surface area contributed by atoms with Gasteiger partial charge in [0.15, 0.2) is 0 Å². The molecule has 0 heteroatoms. The Morgan fingerprint density at radius 1 is 1.00 bits per heavy atom. The highest BCUT2D eigenvalue weighted by Gasteiger charge is 2.22. The Bertz CT molecular complexity index is 521. The molecular weight excluding hydrogens is 204 g/mol. The molecule has 3 rings (SSSR count). The molecule has 0 bridgehead atoms. The molecule has 86 valence electrons. The van der Waals surface area contributed by atoms with Gasteiger partial charge in [-0.1, -0.05) is 54.1 Å². The molecule has 0 amide bonds. The average molecular weight is 222 g/mol. The van der Waals surface area contributed by atoms with Crippen LogP contribution in [0.3, 0.4) is 0 Å². The molecule has 1 aliphatic rings. The molecule has 2 aromatic carbocycles. The van der Waals surface area contributed by atoms with Crippen molar-refractivity contribution in [1.82, 2.24) is 0 Å². The third-order valence-electron chi connectivity index (χ3n) is 3.55. The van der Waals surface area contributed by atoms with Crippen LogP contribution in [-0.4, -0.2) is 0 Å². The number of rotatable bonds is 3. The fraction of sp³-hybridized carbons (Fsp3) is 0.294. The summed E-state index contributed by atoms with van der Waals surface area (Å²) >= 11 is 0. The van der Waals surface area contributed by atoms with Crippen molar-refractivity contribution in [2.24, 2.45) is 5.92 Å². The fourth-order valence-electron chi connectivity index (χ4n) is 2.43. The predicted molar refractivity (Wildman–Crippen MR) is 73.0 cm³/mol. The topological polar surface area (TPSA) is 0 Å². The van der Waals surface area contributed by atoms with Gasteiger partial charge in [-0.3, -0.25) is 0 Å². The van der Waals surface area contributed by atoms with Crippen molar-refractivity contribution < 1.29 is 0 Å². The van der Waals surface area contributed by atoms with Gasteiger partial charge < -0.3 is 0 Å². The first-order chi connectivity index (χ1) is 8.33. The second kappa shape index (κ2) is 4.37. The van der Waals surface area contributed by atoms with E-state index in [1.807, 2.05) is 0 Å². The molecule has 0 aliphatic heterocycles. The zero-order valence-corrected chi connectivity index (χ0v) is 10.3. The van der Waals surface area contributed by atoms with Crippen molar-refractivity contribution in [3.63, 3.8) is 0 Å². The van der Waals surface area contributed by atoms with Crippen LogP contribution < -0.4 is 0 Å². The van der Waals surface area contributed by atoms with E-state index in [0.29, 0.717) is 0 Å². The zero-order valence-electron chi connectivity index (χ0n) is 10.3. The first-order valence-electron chi connectivity index (χ1n) is 6.48. The van der Waals surface area contributed by atoms with Crippen molar-refractivity contribution >= 4 is 0 Å². The Balaban J connectivity index is 2.00. The van der Waals surface area contributed by atoms with Crippen LogP contribution in [-0.2, 0) is 6.42 Å².